The molecule has 0 aliphatic carbocycles. The van der Waals surface area contributed by atoms with Crippen LogP contribution in [0.5, 0.6) is 5.75 Å². The molecule has 168 valence electrons. The van der Waals surface area contributed by atoms with E-state index in [2.05, 4.69) is 5.32 Å². The highest BCUT2D eigenvalue weighted by Crippen LogP contribution is 2.47. The molecule has 0 bridgehead atoms. The van der Waals surface area contributed by atoms with Gasteiger partial charge in [-0.15, -0.1) is 0 Å². The van der Waals surface area contributed by atoms with Gasteiger partial charge in [0, 0.05) is 9.79 Å². The molecule has 0 fully saturated rings. The van der Waals surface area contributed by atoms with E-state index in [0.717, 1.165) is 21.2 Å². The predicted molar refractivity (Wildman–Crippen MR) is 125 cm³/mol. The molecule has 1 N–H and O–H groups in total. The second kappa shape index (κ2) is 10.2. The van der Waals surface area contributed by atoms with E-state index in [9.17, 15) is 14.4 Å². The van der Waals surface area contributed by atoms with Crippen molar-refractivity contribution in [3.8, 4) is 5.75 Å². The Morgan fingerprint density at radius 2 is 1.42 bits per heavy atom. The molecule has 1 aliphatic rings. The number of nitrogens with zero attached hydrogens (tertiary/aromatic N) is 1. The lowest BCUT2D eigenvalue weighted by Crippen LogP contribution is -2.43. The van der Waals surface area contributed by atoms with Crippen molar-refractivity contribution in [2.75, 3.05) is 18.1 Å². The molecule has 3 aromatic carbocycles. The first-order valence-electron chi connectivity index (χ1n) is 10.4. The summed E-state index contributed by atoms with van der Waals surface area (Å²) in [5, 5.41) is 2.52. The van der Waals surface area contributed by atoms with E-state index in [0.29, 0.717) is 5.75 Å². The number of ether oxygens (including phenoxy) is 2. The summed E-state index contributed by atoms with van der Waals surface area (Å²) in [5.74, 6) is -1.00. The van der Waals surface area contributed by atoms with Crippen LogP contribution in [0.4, 0.5) is 11.4 Å². The molecule has 0 unspecified atom stereocenters. The number of esters is 1. The molecular formula is C25H22N2O5S. The minimum absolute atomic E-state index is 0.237. The van der Waals surface area contributed by atoms with Gasteiger partial charge in [-0.1, -0.05) is 54.2 Å². The van der Waals surface area contributed by atoms with Gasteiger partial charge in [-0.05, 0) is 43.3 Å². The van der Waals surface area contributed by atoms with E-state index < -0.39 is 24.5 Å². The standard InChI is InChI=1S/C25H22N2O5S/c1-17(26-23(28)15-31-18-9-3-2-4-10-18)25(30)32-16-24(29)27-19-11-5-7-13-21(19)33-22-14-8-6-12-20(22)27/h2-14,17H,15-16H2,1H3,(H,26,28)/t17-/m0/s1. The molecule has 8 heteroatoms. The average Bonchev–Trinajstić information content (AvgIpc) is 2.84. The van der Waals surface area contributed by atoms with E-state index in [1.165, 1.54) is 6.92 Å². The van der Waals surface area contributed by atoms with Gasteiger partial charge in [-0.25, -0.2) is 4.79 Å². The molecule has 2 amide bonds. The lowest BCUT2D eigenvalue weighted by atomic mass is 10.2. The molecule has 4 rings (SSSR count). The van der Waals surface area contributed by atoms with Crippen LogP contribution in [0, 0.1) is 0 Å². The van der Waals surface area contributed by atoms with Crippen molar-refractivity contribution in [2.45, 2.75) is 22.8 Å². The summed E-state index contributed by atoms with van der Waals surface area (Å²) in [7, 11) is 0. The fraction of sp³-hybridized carbons (Fsp3) is 0.160. The second-order valence-electron chi connectivity index (χ2n) is 7.27. The smallest absolute Gasteiger partial charge is 0.328 e. The van der Waals surface area contributed by atoms with Crippen LogP contribution >= 0.6 is 11.8 Å². The maximum atomic E-state index is 13.1. The number of anilines is 2. The van der Waals surface area contributed by atoms with Crippen molar-refractivity contribution in [2.24, 2.45) is 0 Å². The summed E-state index contributed by atoms with van der Waals surface area (Å²) in [4.78, 5) is 41.0. The summed E-state index contributed by atoms with van der Waals surface area (Å²) in [6.07, 6.45) is 0. The highest BCUT2D eigenvalue weighted by Gasteiger charge is 2.29. The van der Waals surface area contributed by atoms with E-state index >= 15 is 0 Å². The van der Waals surface area contributed by atoms with Crippen LogP contribution in [0.3, 0.4) is 0 Å². The molecule has 3 aromatic rings. The molecule has 0 spiro atoms. The first-order valence-corrected chi connectivity index (χ1v) is 11.2. The minimum Gasteiger partial charge on any atom is -0.484 e. The Morgan fingerprint density at radius 3 is 2.06 bits per heavy atom. The number of hydrogen-bond acceptors (Lipinski definition) is 6. The van der Waals surface area contributed by atoms with Gasteiger partial charge in [0.1, 0.15) is 11.8 Å². The molecule has 0 saturated carbocycles. The lowest BCUT2D eigenvalue weighted by molar-refractivity contribution is -0.150. The molecule has 0 radical (unpaired) electrons. The largest absolute Gasteiger partial charge is 0.484 e. The molecule has 0 saturated heterocycles. The van der Waals surface area contributed by atoms with Crippen molar-refractivity contribution in [1.29, 1.82) is 0 Å². The molecule has 7 nitrogen and oxygen atoms in total. The number of hydrogen-bond donors (Lipinski definition) is 1. The zero-order valence-electron chi connectivity index (χ0n) is 17.9. The van der Waals surface area contributed by atoms with Gasteiger partial charge in [0.25, 0.3) is 11.8 Å². The van der Waals surface area contributed by atoms with Gasteiger partial charge in [-0.3, -0.25) is 14.5 Å². The van der Waals surface area contributed by atoms with Crippen LogP contribution in [0.25, 0.3) is 0 Å². The first-order chi connectivity index (χ1) is 16.0. The first kappa shape index (κ1) is 22.4. The zero-order chi connectivity index (χ0) is 23.2. The maximum absolute atomic E-state index is 13.1. The number of carbonyl (C=O) groups is 3. The quantitative estimate of drug-likeness (QED) is 0.536. The Labute approximate surface area is 195 Å². The van der Waals surface area contributed by atoms with Crippen LogP contribution in [0.1, 0.15) is 6.92 Å². The normalized spacial score (nSPS) is 12.7. The molecule has 33 heavy (non-hydrogen) atoms. The third-order valence-corrected chi connectivity index (χ3v) is 5.99. The summed E-state index contributed by atoms with van der Waals surface area (Å²) >= 11 is 1.58. The Balaban J connectivity index is 1.34. The number of carbonyl (C=O) groups excluding carboxylic acids is 3. The van der Waals surface area contributed by atoms with Crippen LogP contribution < -0.4 is 15.0 Å². The van der Waals surface area contributed by atoms with E-state index in [1.54, 1.807) is 40.9 Å². The number of nitrogens with one attached hydrogen (secondary N) is 1. The van der Waals surface area contributed by atoms with Gasteiger partial charge < -0.3 is 14.8 Å². The van der Waals surface area contributed by atoms with Crippen molar-refractivity contribution in [1.82, 2.24) is 5.32 Å². The van der Waals surface area contributed by atoms with Gasteiger partial charge in [0.2, 0.25) is 0 Å². The van der Waals surface area contributed by atoms with Crippen LogP contribution in [-0.2, 0) is 19.1 Å². The summed E-state index contributed by atoms with van der Waals surface area (Å²) < 4.78 is 10.6. The van der Waals surface area contributed by atoms with Crippen molar-refractivity contribution in [3.63, 3.8) is 0 Å². The van der Waals surface area contributed by atoms with Crippen LogP contribution in [0.15, 0.2) is 88.7 Å². The van der Waals surface area contributed by atoms with E-state index in [1.807, 2.05) is 54.6 Å². The highest BCUT2D eigenvalue weighted by atomic mass is 32.2. The van der Waals surface area contributed by atoms with Crippen molar-refractivity contribution < 1.29 is 23.9 Å². The summed E-state index contributed by atoms with van der Waals surface area (Å²) in [5.41, 5.74) is 1.48. The van der Waals surface area contributed by atoms with E-state index in [-0.39, 0.29) is 12.5 Å². The SMILES string of the molecule is C[C@H](NC(=O)COc1ccccc1)C(=O)OCC(=O)N1c2ccccc2Sc2ccccc21. The Hall–Kier alpha value is -3.78. The monoisotopic (exact) mass is 462 g/mol. The van der Waals surface area contributed by atoms with Gasteiger partial charge in [0.15, 0.2) is 13.2 Å². The van der Waals surface area contributed by atoms with Gasteiger partial charge >= 0.3 is 5.97 Å². The number of rotatable bonds is 7. The number of amides is 2. The second-order valence-corrected chi connectivity index (χ2v) is 8.35. The van der Waals surface area contributed by atoms with Crippen molar-refractivity contribution >= 4 is 40.9 Å². The molecule has 1 heterocycles. The zero-order valence-corrected chi connectivity index (χ0v) is 18.7. The summed E-state index contributed by atoms with van der Waals surface area (Å²) in [6, 6.07) is 23.1. The Bertz CT molecular complexity index is 1120. The number of para-hydroxylation sites is 3. The Morgan fingerprint density at radius 1 is 0.848 bits per heavy atom. The van der Waals surface area contributed by atoms with Crippen LogP contribution in [0.2, 0.25) is 0 Å². The van der Waals surface area contributed by atoms with Crippen LogP contribution in [-0.4, -0.2) is 37.0 Å². The van der Waals surface area contributed by atoms with Crippen molar-refractivity contribution in [3.05, 3.63) is 78.9 Å². The third-order valence-electron chi connectivity index (χ3n) is 4.86. The lowest BCUT2D eigenvalue weighted by Gasteiger charge is -2.30. The summed E-state index contributed by atoms with van der Waals surface area (Å²) in [6.45, 7) is 0.807. The molecule has 0 aromatic heterocycles. The minimum atomic E-state index is -0.929. The van der Waals surface area contributed by atoms with Gasteiger partial charge in [0.05, 0.1) is 11.4 Å². The van der Waals surface area contributed by atoms with E-state index in [4.69, 9.17) is 9.47 Å². The third kappa shape index (κ3) is 5.35. The topological polar surface area (TPSA) is 84.9 Å². The molecule has 1 aliphatic heterocycles. The highest BCUT2D eigenvalue weighted by molar-refractivity contribution is 7.99. The molecule has 1 atom stereocenters. The fourth-order valence-electron chi connectivity index (χ4n) is 3.30. The Kier molecular flexibility index (Phi) is 6.95. The fourth-order valence-corrected chi connectivity index (χ4v) is 4.36. The average molecular weight is 463 g/mol. The predicted octanol–water partition coefficient (Wildman–Crippen LogP) is 3.94. The molecular weight excluding hydrogens is 440 g/mol. The van der Waals surface area contributed by atoms with Gasteiger partial charge in [-0.2, -0.15) is 0 Å². The number of benzene rings is 3. The number of fused-ring (bicyclic) bond motifs is 2. The maximum Gasteiger partial charge on any atom is 0.328 e.